The molecule has 0 aromatic heterocycles. The van der Waals surface area contributed by atoms with Crippen molar-refractivity contribution < 1.29 is 9.53 Å². The highest BCUT2D eigenvalue weighted by Crippen LogP contribution is 2.27. The molecule has 0 aliphatic rings. The fraction of sp³-hybridized carbons (Fsp3) is 0.562. The van der Waals surface area contributed by atoms with E-state index in [2.05, 4.69) is 19.2 Å². The van der Waals surface area contributed by atoms with Crippen LogP contribution in [0.15, 0.2) is 18.2 Å². The Morgan fingerprint density at radius 3 is 2.67 bits per heavy atom. The van der Waals surface area contributed by atoms with Gasteiger partial charge in [-0.3, -0.25) is 4.79 Å². The van der Waals surface area contributed by atoms with Crippen molar-refractivity contribution in [2.45, 2.75) is 33.1 Å². The number of nitrogens with two attached hydrogens (primary N) is 1. The second-order valence-corrected chi connectivity index (χ2v) is 5.92. The molecule has 1 atom stereocenters. The highest BCUT2D eigenvalue weighted by atomic mass is 35.5. The number of hydrogen-bond donors (Lipinski definition) is 2. The highest BCUT2D eigenvalue weighted by Gasteiger charge is 2.14. The van der Waals surface area contributed by atoms with Crippen LogP contribution >= 0.6 is 11.6 Å². The lowest BCUT2D eigenvalue weighted by Gasteiger charge is -2.19. The molecule has 1 rings (SSSR count). The van der Waals surface area contributed by atoms with Gasteiger partial charge in [-0.1, -0.05) is 25.4 Å². The van der Waals surface area contributed by atoms with E-state index in [1.165, 1.54) is 0 Å². The van der Waals surface area contributed by atoms with Crippen LogP contribution in [-0.4, -0.2) is 19.6 Å². The van der Waals surface area contributed by atoms with Crippen molar-refractivity contribution in [3.05, 3.63) is 23.2 Å². The van der Waals surface area contributed by atoms with Crippen molar-refractivity contribution in [2.75, 3.05) is 19.0 Å². The number of benzene rings is 1. The number of hydrogen-bond acceptors (Lipinski definition) is 3. The number of nitrogens with one attached hydrogen (secondary N) is 1. The Kier molecular flexibility index (Phi) is 7.54. The van der Waals surface area contributed by atoms with E-state index < -0.39 is 0 Å². The SMILES string of the molecule is COc1cc(NC(=O)CCC(CCN)C(C)C)ccc1Cl. The summed E-state index contributed by atoms with van der Waals surface area (Å²) >= 11 is 5.96. The lowest BCUT2D eigenvalue weighted by atomic mass is 9.88. The molecule has 0 fully saturated rings. The number of rotatable bonds is 8. The third-order valence-corrected chi connectivity index (χ3v) is 3.97. The average molecular weight is 313 g/mol. The number of halogens is 1. The first kappa shape index (κ1) is 17.8. The number of anilines is 1. The summed E-state index contributed by atoms with van der Waals surface area (Å²) in [7, 11) is 1.55. The minimum atomic E-state index is 0.00190. The zero-order chi connectivity index (χ0) is 15.8. The normalized spacial score (nSPS) is 12.3. The van der Waals surface area contributed by atoms with Crippen LogP contribution in [0.4, 0.5) is 5.69 Å². The Labute approximate surface area is 132 Å². The Morgan fingerprint density at radius 1 is 1.38 bits per heavy atom. The van der Waals surface area contributed by atoms with Crippen molar-refractivity contribution in [3.63, 3.8) is 0 Å². The summed E-state index contributed by atoms with van der Waals surface area (Å²) in [6.07, 6.45) is 2.30. The summed E-state index contributed by atoms with van der Waals surface area (Å²) in [5.41, 5.74) is 6.31. The van der Waals surface area contributed by atoms with E-state index in [0.717, 1.165) is 12.8 Å². The predicted octanol–water partition coefficient (Wildman–Crippen LogP) is 3.69. The van der Waals surface area contributed by atoms with Gasteiger partial charge >= 0.3 is 0 Å². The molecule has 0 saturated heterocycles. The molecule has 1 aromatic rings. The van der Waals surface area contributed by atoms with E-state index in [9.17, 15) is 4.79 Å². The fourth-order valence-corrected chi connectivity index (χ4v) is 2.50. The highest BCUT2D eigenvalue weighted by molar-refractivity contribution is 6.32. The predicted molar refractivity (Wildman–Crippen MR) is 87.9 cm³/mol. The number of ether oxygens (including phenoxy) is 1. The molecule has 1 unspecified atom stereocenters. The van der Waals surface area contributed by atoms with Crippen LogP contribution in [-0.2, 0) is 4.79 Å². The quantitative estimate of drug-likeness (QED) is 0.769. The zero-order valence-corrected chi connectivity index (χ0v) is 13.7. The molecule has 0 spiro atoms. The van der Waals surface area contributed by atoms with Crippen LogP contribution in [0.3, 0.4) is 0 Å². The molecular weight excluding hydrogens is 288 g/mol. The van der Waals surface area contributed by atoms with E-state index >= 15 is 0 Å². The lowest BCUT2D eigenvalue weighted by Crippen LogP contribution is -2.18. The fourth-order valence-electron chi connectivity index (χ4n) is 2.30. The summed E-state index contributed by atoms with van der Waals surface area (Å²) in [6.45, 7) is 5.00. The number of carbonyl (C=O) groups excluding carboxylic acids is 1. The average Bonchev–Trinajstić information content (AvgIpc) is 2.45. The molecule has 0 saturated carbocycles. The van der Waals surface area contributed by atoms with Gasteiger partial charge in [-0.05, 0) is 43.4 Å². The van der Waals surface area contributed by atoms with Gasteiger partial charge in [-0.2, -0.15) is 0 Å². The molecule has 4 nitrogen and oxygen atoms in total. The van der Waals surface area contributed by atoms with Crippen molar-refractivity contribution in [1.29, 1.82) is 0 Å². The van der Waals surface area contributed by atoms with Crippen LogP contribution in [0.2, 0.25) is 5.02 Å². The van der Waals surface area contributed by atoms with Gasteiger partial charge in [0.1, 0.15) is 5.75 Å². The molecule has 0 aliphatic carbocycles. The van der Waals surface area contributed by atoms with E-state index in [1.54, 1.807) is 25.3 Å². The molecule has 1 aromatic carbocycles. The molecule has 0 bridgehead atoms. The van der Waals surface area contributed by atoms with Gasteiger partial charge in [0.15, 0.2) is 0 Å². The maximum Gasteiger partial charge on any atom is 0.224 e. The topological polar surface area (TPSA) is 64.3 Å². The van der Waals surface area contributed by atoms with Crippen molar-refractivity contribution in [1.82, 2.24) is 0 Å². The minimum Gasteiger partial charge on any atom is -0.495 e. The smallest absolute Gasteiger partial charge is 0.224 e. The maximum atomic E-state index is 12.0. The first-order chi connectivity index (χ1) is 9.97. The van der Waals surface area contributed by atoms with E-state index in [0.29, 0.717) is 41.3 Å². The van der Waals surface area contributed by atoms with Gasteiger partial charge in [-0.15, -0.1) is 0 Å². The second-order valence-electron chi connectivity index (χ2n) is 5.52. The van der Waals surface area contributed by atoms with Gasteiger partial charge in [0.2, 0.25) is 5.91 Å². The Morgan fingerprint density at radius 2 is 2.10 bits per heavy atom. The Hall–Kier alpha value is -1.26. The molecule has 0 heterocycles. The van der Waals surface area contributed by atoms with Gasteiger partial charge in [-0.25, -0.2) is 0 Å². The summed E-state index contributed by atoms with van der Waals surface area (Å²) in [5, 5.41) is 3.40. The first-order valence-electron chi connectivity index (χ1n) is 7.31. The third kappa shape index (κ3) is 5.94. The standard InChI is InChI=1S/C16H25ClN2O2/c1-11(2)12(8-9-18)4-7-16(20)19-13-5-6-14(17)15(10-13)21-3/h5-6,10-12H,4,7-9,18H2,1-3H3,(H,19,20). The van der Waals surface area contributed by atoms with Crippen molar-refractivity contribution in [2.24, 2.45) is 17.6 Å². The van der Waals surface area contributed by atoms with E-state index in [1.807, 2.05) is 0 Å². The summed E-state index contributed by atoms with van der Waals surface area (Å²) < 4.78 is 5.13. The second kappa shape index (κ2) is 8.90. The van der Waals surface area contributed by atoms with Crippen molar-refractivity contribution >= 4 is 23.2 Å². The number of methoxy groups -OCH3 is 1. The van der Waals surface area contributed by atoms with Crippen LogP contribution in [0, 0.1) is 11.8 Å². The Balaban J connectivity index is 2.53. The van der Waals surface area contributed by atoms with Crippen LogP contribution in [0.5, 0.6) is 5.75 Å². The molecule has 5 heteroatoms. The summed E-state index contributed by atoms with van der Waals surface area (Å²) in [6, 6.07) is 5.20. The van der Waals surface area contributed by atoms with Gasteiger partial charge in [0.25, 0.3) is 0 Å². The molecule has 118 valence electrons. The lowest BCUT2D eigenvalue weighted by molar-refractivity contribution is -0.116. The van der Waals surface area contributed by atoms with Crippen LogP contribution in [0.25, 0.3) is 0 Å². The Bertz CT molecular complexity index is 464. The maximum absolute atomic E-state index is 12.0. The van der Waals surface area contributed by atoms with Gasteiger partial charge < -0.3 is 15.8 Å². The number of amides is 1. The van der Waals surface area contributed by atoms with Gasteiger partial charge in [0.05, 0.1) is 12.1 Å². The summed E-state index contributed by atoms with van der Waals surface area (Å²) in [4.78, 5) is 12.0. The van der Waals surface area contributed by atoms with Gasteiger partial charge in [0, 0.05) is 18.2 Å². The summed E-state index contributed by atoms with van der Waals surface area (Å²) in [5.74, 6) is 1.58. The first-order valence-corrected chi connectivity index (χ1v) is 7.69. The third-order valence-electron chi connectivity index (χ3n) is 3.66. The van der Waals surface area contributed by atoms with E-state index in [-0.39, 0.29) is 5.91 Å². The molecule has 0 radical (unpaired) electrons. The molecule has 21 heavy (non-hydrogen) atoms. The van der Waals surface area contributed by atoms with Crippen molar-refractivity contribution in [3.8, 4) is 5.75 Å². The van der Waals surface area contributed by atoms with E-state index in [4.69, 9.17) is 22.1 Å². The molecule has 3 N–H and O–H groups in total. The molecule has 1 amide bonds. The van der Waals surface area contributed by atoms with Crippen LogP contribution in [0.1, 0.15) is 33.1 Å². The number of carbonyl (C=O) groups is 1. The monoisotopic (exact) mass is 312 g/mol. The zero-order valence-electron chi connectivity index (χ0n) is 13.0. The largest absolute Gasteiger partial charge is 0.495 e. The minimum absolute atomic E-state index is 0.00190. The van der Waals surface area contributed by atoms with Crippen LogP contribution < -0.4 is 15.8 Å². The molecular formula is C16H25ClN2O2. The molecule has 0 aliphatic heterocycles.